The Kier molecular flexibility index (Phi) is 4.83. The number of nitrogens with zero attached hydrogens (tertiary/aromatic N) is 1. The second-order valence-corrected chi connectivity index (χ2v) is 7.27. The quantitative estimate of drug-likeness (QED) is 0.662. The number of imide groups is 1. The van der Waals surface area contributed by atoms with E-state index in [4.69, 9.17) is 9.47 Å². The maximum Gasteiger partial charge on any atom is 0.290 e. The molecule has 4 rings (SSSR count). The largest absolute Gasteiger partial charge is 0.497 e. The first-order chi connectivity index (χ1) is 13.6. The Morgan fingerprint density at radius 2 is 1.96 bits per heavy atom. The number of nitrogens with one attached hydrogen (secondary N) is 1. The minimum atomic E-state index is -0.354. The average molecular weight is 394 g/mol. The van der Waals surface area contributed by atoms with Crippen molar-refractivity contribution in [3.05, 3.63) is 64.7 Å². The fourth-order valence-electron chi connectivity index (χ4n) is 3.26. The Hall–Kier alpha value is -3.19. The first kappa shape index (κ1) is 18.2. The molecule has 1 fully saturated rings. The zero-order valence-electron chi connectivity index (χ0n) is 15.4. The molecule has 0 spiro atoms. The first-order valence-electron chi connectivity index (χ1n) is 8.62. The molecule has 1 N–H and O–H groups in total. The van der Waals surface area contributed by atoms with Gasteiger partial charge in [-0.2, -0.15) is 0 Å². The number of rotatable bonds is 5. The van der Waals surface area contributed by atoms with Gasteiger partial charge in [0, 0.05) is 22.7 Å². The number of carbonyl (C=O) groups excluding carboxylic acids is 2. The summed E-state index contributed by atoms with van der Waals surface area (Å²) in [6.45, 7) is 0.609. The van der Waals surface area contributed by atoms with Crippen LogP contribution in [0, 0.1) is 0 Å². The van der Waals surface area contributed by atoms with Gasteiger partial charge >= 0.3 is 0 Å². The molecule has 1 aliphatic rings. The monoisotopic (exact) mass is 394 g/mol. The summed E-state index contributed by atoms with van der Waals surface area (Å²) in [6, 6.07) is 13.6. The molecule has 28 heavy (non-hydrogen) atoms. The van der Waals surface area contributed by atoms with Gasteiger partial charge in [0.05, 0.1) is 25.7 Å². The van der Waals surface area contributed by atoms with Gasteiger partial charge in [0.25, 0.3) is 11.1 Å². The van der Waals surface area contributed by atoms with Crippen LogP contribution in [0.1, 0.15) is 11.1 Å². The summed E-state index contributed by atoms with van der Waals surface area (Å²) in [6.07, 6.45) is 3.75. The summed E-state index contributed by atoms with van der Waals surface area (Å²) in [5.41, 5.74) is 2.91. The standard InChI is InChI=1S/C21H18N2O4S/c1-26-15-6-7-18(27-2)14(10-15)12-23-9-8-16-13(4-3-5-17(16)23)11-19-20(24)22-21(25)28-19/h3-11H,12H2,1-2H3,(H,22,24,25). The molecule has 1 saturated heterocycles. The van der Waals surface area contributed by atoms with Crippen LogP contribution in [-0.2, 0) is 11.3 Å². The number of hydrogen-bond acceptors (Lipinski definition) is 5. The number of aromatic nitrogens is 1. The maximum atomic E-state index is 11.9. The van der Waals surface area contributed by atoms with Crippen LogP contribution >= 0.6 is 11.8 Å². The third-order valence-corrected chi connectivity index (χ3v) is 5.41. The molecule has 1 aromatic heterocycles. The molecule has 2 amide bonds. The number of methoxy groups -OCH3 is 2. The summed E-state index contributed by atoms with van der Waals surface area (Å²) in [5, 5.41) is 2.95. The van der Waals surface area contributed by atoms with Crippen molar-refractivity contribution in [2.75, 3.05) is 14.2 Å². The molecule has 2 aromatic carbocycles. The molecule has 2 heterocycles. The van der Waals surface area contributed by atoms with Crippen LogP contribution in [0.15, 0.2) is 53.6 Å². The Bertz CT molecular complexity index is 1120. The van der Waals surface area contributed by atoms with Crippen LogP contribution < -0.4 is 14.8 Å². The van der Waals surface area contributed by atoms with Crippen LogP contribution in [-0.4, -0.2) is 29.9 Å². The van der Waals surface area contributed by atoms with Gasteiger partial charge < -0.3 is 14.0 Å². The molecule has 3 aromatic rings. The van der Waals surface area contributed by atoms with Crippen molar-refractivity contribution < 1.29 is 19.1 Å². The first-order valence-corrected chi connectivity index (χ1v) is 9.44. The van der Waals surface area contributed by atoms with Gasteiger partial charge in [0.1, 0.15) is 11.5 Å². The minimum Gasteiger partial charge on any atom is -0.497 e. The molecular weight excluding hydrogens is 376 g/mol. The zero-order valence-corrected chi connectivity index (χ0v) is 16.2. The van der Waals surface area contributed by atoms with Gasteiger partial charge in [-0.15, -0.1) is 0 Å². The van der Waals surface area contributed by atoms with Gasteiger partial charge in [-0.05, 0) is 53.7 Å². The lowest BCUT2D eigenvalue weighted by molar-refractivity contribution is -0.115. The van der Waals surface area contributed by atoms with Crippen molar-refractivity contribution in [3.8, 4) is 11.5 Å². The Labute approximate surface area is 166 Å². The normalized spacial score (nSPS) is 15.3. The number of benzene rings is 2. The summed E-state index contributed by atoms with van der Waals surface area (Å²) < 4.78 is 12.9. The molecule has 0 aliphatic carbocycles. The van der Waals surface area contributed by atoms with E-state index < -0.39 is 0 Å². The second-order valence-electron chi connectivity index (χ2n) is 6.25. The number of amides is 2. The molecule has 6 nitrogen and oxygen atoms in total. The van der Waals surface area contributed by atoms with E-state index in [0.717, 1.165) is 45.3 Å². The minimum absolute atomic E-state index is 0.342. The topological polar surface area (TPSA) is 69.6 Å². The van der Waals surface area contributed by atoms with Crippen molar-refractivity contribution in [1.29, 1.82) is 0 Å². The predicted octanol–water partition coefficient (Wildman–Crippen LogP) is 4.03. The number of ether oxygens (including phenoxy) is 2. The molecule has 0 unspecified atom stereocenters. The van der Waals surface area contributed by atoms with Crippen molar-refractivity contribution >= 4 is 39.9 Å². The molecule has 142 valence electrons. The van der Waals surface area contributed by atoms with Crippen molar-refractivity contribution in [3.63, 3.8) is 0 Å². The number of hydrogen-bond donors (Lipinski definition) is 1. The fraction of sp³-hybridized carbons (Fsp3) is 0.143. The summed E-state index contributed by atoms with van der Waals surface area (Å²) >= 11 is 0.920. The third-order valence-electron chi connectivity index (χ3n) is 4.60. The predicted molar refractivity (Wildman–Crippen MR) is 110 cm³/mol. The van der Waals surface area contributed by atoms with Crippen LogP contribution in [0.5, 0.6) is 11.5 Å². The van der Waals surface area contributed by atoms with E-state index in [0.29, 0.717) is 11.4 Å². The fourth-order valence-corrected chi connectivity index (χ4v) is 3.94. The molecule has 0 bridgehead atoms. The Morgan fingerprint density at radius 1 is 1.11 bits per heavy atom. The van der Waals surface area contributed by atoms with Gasteiger partial charge in [0.2, 0.25) is 0 Å². The highest BCUT2D eigenvalue weighted by molar-refractivity contribution is 8.18. The van der Waals surface area contributed by atoms with E-state index in [1.807, 2.05) is 48.7 Å². The lowest BCUT2D eigenvalue weighted by Gasteiger charge is -2.12. The molecule has 1 aliphatic heterocycles. The lowest BCUT2D eigenvalue weighted by atomic mass is 10.1. The van der Waals surface area contributed by atoms with Gasteiger partial charge in [-0.25, -0.2) is 0 Å². The number of thioether (sulfide) groups is 1. The maximum absolute atomic E-state index is 11.9. The van der Waals surface area contributed by atoms with Crippen LogP contribution in [0.25, 0.3) is 17.0 Å². The Morgan fingerprint density at radius 3 is 2.68 bits per heavy atom. The number of fused-ring (bicyclic) bond motifs is 1. The van der Waals surface area contributed by atoms with E-state index in [1.165, 1.54) is 0 Å². The average Bonchev–Trinajstić information content (AvgIpc) is 3.25. The molecule has 0 radical (unpaired) electrons. The zero-order chi connectivity index (χ0) is 19.7. The van der Waals surface area contributed by atoms with Crippen LogP contribution in [0.4, 0.5) is 4.79 Å². The van der Waals surface area contributed by atoms with Crippen molar-refractivity contribution in [2.24, 2.45) is 0 Å². The molecular formula is C21H18N2O4S. The van der Waals surface area contributed by atoms with Crippen LogP contribution in [0.3, 0.4) is 0 Å². The van der Waals surface area contributed by atoms with E-state index in [2.05, 4.69) is 9.88 Å². The van der Waals surface area contributed by atoms with E-state index in [1.54, 1.807) is 20.3 Å². The highest BCUT2D eigenvalue weighted by Gasteiger charge is 2.25. The molecule has 0 saturated carbocycles. The molecule has 0 atom stereocenters. The van der Waals surface area contributed by atoms with Gasteiger partial charge in [-0.1, -0.05) is 12.1 Å². The van der Waals surface area contributed by atoms with Crippen LogP contribution in [0.2, 0.25) is 0 Å². The third kappa shape index (κ3) is 3.36. The van der Waals surface area contributed by atoms with E-state index in [9.17, 15) is 9.59 Å². The highest BCUT2D eigenvalue weighted by Crippen LogP contribution is 2.30. The summed E-state index contributed by atoms with van der Waals surface area (Å²) in [7, 11) is 3.29. The van der Waals surface area contributed by atoms with E-state index >= 15 is 0 Å². The van der Waals surface area contributed by atoms with Gasteiger partial charge in [0.15, 0.2) is 0 Å². The van der Waals surface area contributed by atoms with Crippen molar-refractivity contribution in [1.82, 2.24) is 9.88 Å². The number of carbonyl (C=O) groups is 2. The SMILES string of the molecule is COc1ccc(OC)c(Cn2ccc3c(C=C4SC(=O)NC4=O)cccc32)c1. The van der Waals surface area contributed by atoms with Crippen molar-refractivity contribution in [2.45, 2.75) is 6.54 Å². The summed E-state index contributed by atoms with van der Waals surface area (Å²) in [4.78, 5) is 23.7. The van der Waals surface area contributed by atoms with E-state index in [-0.39, 0.29) is 11.1 Å². The molecule has 7 heteroatoms. The highest BCUT2D eigenvalue weighted by atomic mass is 32.2. The lowest BCUT2D eigenvalue weighted by Crippen LogP contribution is -2.17. The Balaban J connectivity index is 1.72. The summed E-state index contributed by atoms with van der Waals surface area (Å²) in [5.74, 6) is 1.21. The van der Waals surface area contributed by atoms with Gasteiger partial charge in [-0.3, -0.25) is 14.9 Å². The smallest absolute Gasteiger partial charge is 0.290 e. The second kappa shape index (κ2) is 7.44.